The Morgan fingerprint density at radius 3 is 2.35 bits per heavy atom. The predicted octanol–water partition coefficient (Wildman–Crippen LogP) is 3.28. The highest BCUT2D eigenvalue weighted by molar-refractivity contribution is 5.81. The fourth-order valence-corrected chi connectivity index (χ4v) is 2.63. The molecule has 0 saturated heterocycles. The lowest BCUT2D eigenvalue weighted by Crippen LogP contribution is -2.44. The molecule has 1 atom stereocenters. The second-order valence-corrected chi connectivity index (χ2v) is 7.86. The molecule has 1 amide bonds. The Balaban J connectivity index is 2.92. The van der Waals surface area contributed by atoms with Gasteiger partial charge in [0.15, 0.2) is 0 Å². The Morgan fingerprint density at radius 2 is 1.87 bits per heavy atom. The first kappa shape index (κ1) is 19.5. The molecule has 1 aromatic carbocycles. The highest BCUT2D eigenvalue weighted by Crippen LogP contribution is 2.33. The van der Waals surface area contributed by atoms with Gasteiger partial charge in [0.1, 0.15) is 5.75 Å². The number of benzene rings is 1. The summed E-state index contributed by atoms with van der Waals surface area (Å²) in [5, 5.41) is 13.8. The molecule has 0 bridgehead atoms. The molecule has 0 unspecified atom stereocenters. The summed E-state index contributed by atoms with van der Waals surface area (Å²) >= 11 is 0. The van der Waals surface area contributed by atoms with Gasteiger partial charge in [-0.1, -0.05) is 52.8 Å². The highest BCUT2D eigenvalue weighted by atomic mass is 16.3. The van der Waals surface area contributed by atoms with Gasteiger partial charge in [-0.25, -0.2) is 0 Å². The Morgan fingerprint density at radius 1 is 1.26 bits per heavy atom. The van der Waals surface area contributed by atoms with Crippen LogP contribution in [0.25, 0.3) is 0 Å². The van der Waals surface area contributed by atoms with Crippen LogP contribution in [0.2, 0.25) is 0 Å². The molecule has 2 N–H and O–H groups in total. The van der Waals surface area contributed by atoms with Crippen molar-refractivity contribution in [2.24, 2.45) is 5.92 Å². The van der Waals surface area contributed by atoms with E-state index in [0.29, 0.717) is 18.2 Å². The number of hydrogen-bond acceptors (Lipinski definition) is 3. The zero-order chi connectivity index (χ0) is 17.8. The maximum absolute atomic E-state index is 12.3. The van der Waals surface area contributed by atoms with Crippen molar-refractivity contribution < 1.29 is 9.90 Å². The maximum atomic E-state index is 12.3. The third-order valence-electron chi connectivity index (χ3n) is 3.91. The van der Waals surface area contributed by atoms with Crippen LogP contribution in [-0.2, 0) is 16.8 Å². The molecule has 0 aromatic heterocycles. The molecule has 0 radical (unpaired) electrons. The molecule has 0 spiro atoms. The van der Waals surface area contributed by atoms with E-state index < -0.39 is 0 Å². The van der Waals surface area contributed by atoms with Crippen LogP contribution in [0, 0.1) is 5.92 Å². The van der Waals surface area contributed by atoms with Gasteiger partial charge in [0, 0.05) is 26.2 Å². The van der Waals surface area contributed by atoms with E-state index in [1.165, 1.54) is 0 Å². The fourth-order valence-electron chi connectivity index (χ4n) is 2.63. The van der Waals surface area contributed by atoms with Crippen LogP contribution < -0.4 is 5.32 Å². The number of nitrogens with zero attached hydrogens (tertiary/aromatic N) is 1. The van der Waals surface area contributed by atoms with Gasteiger partial charge in [-0.3, -0.25) is 4.79 Å². The topological polar surface area (TPSA) is 52.6 Å². The van der Waals surface area contributed by atoms with Crippen LogP contribution in [0.4, 0.5) is 0 Å². The van der Waals surface area contributed by atoms with Crippen LogP contribution in [0.3, 0.4) is 0 Å². The summed E-state index contributed by atoms with van der Waals surface area (Å²) in [5.41, 5.74) is 1.64. The van der Waals surface area contributed by atoms with E-state index in [1.807, 2.05) is 18.2 Å². The van der Waals surface area contributed by atoms with Gasteiger partial charge < -0.3 is 15.3 Å². The average Bonchev–Trinajstić information content (AvgIpc) is 2.42. The fraction of sp³-hybridized carbons (Fsp3) is 0.632. The van der Waals surface area contributed by atoms with Crippen molar-refractivity contribution in [3.63, 3.8) is 0 Å². The highest BCUT2D eigenvalue weighted by Gasteiger charge is 2.23. The molecule has 0 aliphatic heterocycles. The molecule has 23 heavy (non-hydrogen) atoms. The number of carbonyl (C=O) groups excluding carboxylic acids is 1. The minimum absolute atomic E-state index is 0.0742. The summed E-state index contributed by atoms with van der Waals surface area (Å²) < 4.78 is 0. The van der Waals surface area contributed by atoms with E-state index in [2.05, 4.69) is 39.9 Å². The largest absolute Gasteiger partial charge is 0.507 e. The van der Waals surface area contributed by atoms with E-state index in [-0.39, 0.29) is 17.4 Å². The van der Waals surface area contributed by atoms with Crippen molar-refractivity contribution in [3.8, 4) is 5.75 Å². The number of likely N-dealkylation sites (N-methyl/N-ethyl adjacent to an activating group) is 1. The molecule has 1 rings (SSSR count). The Bertz CT molecular complexity index is 531. The lowest BCUT2D eigenvalue weighted by Gasteiger charge is -2.25. The summed E-state index contributed by atoms with van der Waals surface area (Å²) in [6.45, 7) is 10.9. The van der Waals surface area contributed by atoms with E-state index >= 15 is 0 Å². The second-order valence-electron chi connectivity index (χ2n) is 7.86. The Kier molecular flexibility index (Phi) is 6.63. The van der Waals surface area contributed by atoms with Crippen molar-refractivity contribution >= 4 is 5.91 Å². The van der Waals surface area contributed by atoms with E-state index in [0.717, 1.165) is 17.5 Å². The van der Waals surface area contributed by atoms with Crippen LogP contribution in [0.15, 0.2) is 18.2 Å². The molecule has 1 aromatic rings. The van der Waals surface area contributed by atoms with Crippen molar-refractivity contribution in [2.45, 2.75) is 59.0 Å². The number of phenolic OH excluding ortho intramolecular Hbond substituents is 1. The number of nitrogens with one attached hydrogen (secondary N) is 1. The second kappa shape index (κ2) is 7.82. The Hall–Kier alpha value is -1.55. The number of para-hydroxylation sites is 1. The third-order valence-corrected chi connectivity index (χ3v) is 3.91. The molecule has 0 aliphatic carbocycles. The molecule has 4 heteroatoms. The standard InChI is InChI=1S/C19H32N2O2/c1-13(2)11-16(18(23)21(6)7)20-12-14-9-8-10-15(17(14)22)19(3,4)5/h8-10,13,16,20,22H,11-12H2,1-7H3/t16-/m0/s1. The molecule has 0 heterocycles. The lowest BCUT2D eigenvalue weighted by molar-refractivity contribution is -0.131. The van der Waals surface area contributed by atoms with Crippen LogP contribution in [0.5, 0.6) is 5.75 Å². The van der Waals surface area contributed by atoms with Crippen molar-refractivity contribution in [1.29, 1.82) is 0 Å². The predicted molar refractivity (Wildman–Crippen MR) is 95.6 cm³/mol. The van der Waals surface area contributed by atoms with Gasteiger partial charge in [0.25, 0.3) is 0 Å². The van der Waals surface area contributed by atoms with Gasteiger partial charge in [0.2, 0.25) is 5.91 Å². The van der Waals surface area contributed by atoms with E-state index in [4.69, 9.17) is 0 Å². The van der Waals surface area contributed by atoms with E-state index in [1.54, 1.807) is 19.0 Å². The van der Waals surface area contributed by atoms with Crippen molar-refractivity contribution in [2.75, 3.05) is 14.1 Å². The smallest absolute Gasteiger partial charge is 0.239 e. The van der Waals surface area contributed by atoms with Gasteiger partial charge in [-0.2, -0.15) is 0 Å². The molecular weight excluding hydrogens is 288 g/mol. The monoisotopic (exact) mass is 320 g/mol. The van der Waals surface area contributed by atoms with Gasteiger partial charge in [0.05, 0.1) is 6.04 Å². The maximum Gasteiger partial charge on any atom is 0.239 e. The summed E-state index contributed by atoms with van der Waals surface area (Å²) in [6, 6.07) is 5.59. The van der Waals surface area contributed by atoms with Gasteiger partial charge in [-0.05, 0) is 23.3 Å². The molecule has 130 valence electrons. The third kappa shape index (κ3) is 5.54. The number of phenols is 1. The Labute approximate surface area is 140 Å². The number of aromatic hydroxyl groups is 1. The lowest BCUT2D eigenvalue weighted by atomic mass is 9.85. The molecular formula is C19H32N2O2. The van der Waals surface area contributed by atoms with Gasteiger partial charge >= 0.3 is 0 Å². The van der Waals surface area contributed by atoms with Crippen molar-refractivity contribution in [1.82, 2.24) is 10.2 Å². The van der Waals surface area contributed by atoms with Crippen molar-refractivity contribution in [3.05, 3.63) is 29.3 Å². The van der Waals surface area contributed by atoms with Crippen LogP contribution >= 0.6 is 0 Å². The van der Waals surface area contributed by atoms with Gasteiger partial charge in [-0.15, -0.1) is 0 Å². The first-order valence-corrected chi connectivity index (χ1v) is 8.30. The van der Waals surface area contributed by atoms with Crippen LogP contribution in [0.1, 0.15) is 52.2 Å². The minimum Gasteiger partial charge on any atom is -0.507 e. The first-order chi connectivity index (χ1) is 10.5. The number of rotatable bonds is 6. The summed E-state index contributed by atoms with van der Waals surface area (Å²) in [6.07, 6.45) is 0.775. The zero-order valence-electron chi connectivity index (χ0n) is 15.6. The molecule has 0 fully saturated rings. The summed E-state index contributed by atoms with van der Waals surface area (Å²) in [4.78, 5) is 13.9. The summed E-state index contributed by atoms with van der Waals surface area (Å²) in [5.74, 6) is 0.823. The minimum atomic E-state index is -0.234. The zero-order valence-corrected chi connectivity index (χ0v) is 15.6. The quantitative estimate of drug-likeness (QED) is 0.846. The van der Waals surface area contributed by atoms with Crippen LogP contribution in [-0.4, -0.2) is 36.1 Å². The number of carbonyl (C=O) groups is 1. The van der Waals surface area contributed by atoms with E-state index in [9.17, 15) is 9.90 Å². The first-order valence-electron chi connectivity index (χ1n) is 8.30. The molecule has 4 nitrogen and oxygen atoms in total. The number of hydrogen-bond donors (Lipinski definition) is 2. The summed E-state index contributed by atoms with van der Waals surface area (Å²) in [7, 11) is 3.55. The normalized spacial score (nSPS) is 13.2. The average molecular weight is 320 g/mol. The SMILES string of the molecule is CC(C)C[C@H](NCc1cccc(C(C)(C)C)c1O)C(=O)N(C)C. The molecule has 0 saturated carbocycles. The molecule has 0 aliphatic rings. The number of amides is 1.